The van der Waals surface area contributed by atoms with E-state index < -0.39 is 15.9 Å². The van der Waals surface area contributed by atoms with Gasteiger partial charge in [-0.15, -0.1) is 6.42 Å². The topological polar surface area (TPSA) is 87.1 Å². The van der Waals surface area contributed by atoms with E-state index in [0.29, 0.717) is 12.1 Å². The van der Waals surface area contributed by atoms with Gasteiger partial charge in [-0.25, -0.2) is 13.4 Å². The molecular formula is C18H25N3O4S. The number of rotatable bonds is 4. The quantitative estimate of drug-likeness (QED) is 0.681. The van der Waals surface area contributed by atoms with Gasteiger partial charge in [0.1, 0.15) is 5.71 Å². The van der Waals surface area contributed by atoms with E-state index >= 15 is 0 Å². The summed E-state index contributed by atoms with van der Waals surface area (Å²) in [6, 6.07) is -0.348. The van der Waals surface area contributed by atoms with Crippen molar-refractivity contribution in [1.29, 1.82) is 0 Å². The number of carbonyl (C=O) groups is 2. The summed E-state index contributed by atoms with van der Waals surface area (Å²) in [5.41, 5.74) is 0.315. The molecule has 0 aromatic carbocycles. The largest absolute Gasteiger partial charge is 0.323 e. The molecule has 0 aromatic rings. The smallest absolute Gasteiger partial charge is 0.271 e. The maximum absolute atomic E-state index is 13.0. The summed E-state index contributed by atoms with van der Waals surface area (Å²) in [6.45, 7) is 0.230. The van der Waals surface area contributed by atoms with Crippen LogP contribution in [0.1, 0.15) is 51.4 Å². The molecular weight excluding hydrogens is 354 g/mol. The molecule has 1 saturated carbocycles. The van der Waals surface area contributed by atoms with E-state index in [1.54, 1.807) is 4.90 Å². The molecule has 0 aromatic heterocycles. The molecule has 0 spiro atoms. The molecule has 0 radical (unpaired) electrons. The van der Waals surface area contributed by atoms with Crippen LogP contribution in [-0.2, 0) is 19.4 Å². The van der Waals surface area contributed by atoms with Crippen LogP contribution in [-0.4, -0.2) is 66.0 Å². The van der Waals surface area contributed by atoms with Crippen LogP contribution in [0.15, 0.2) is 5.10 Å². The third-order valence-corrected chi connectivity index (χ3v) is 7.15. The van der Waals surface area contributed by atoms with Gasteiger partial charge >= 0.3 is 0 Å². The highest BCUT2D eigenvalue weighted by Crippen LogP contribution is 2.25. The number of terminal acetylenes is 1. The highest BCUT2D eigenvalue weighted by Gasteiger charge is 2.38. The normalized spacial score (nSPS) is 26.3. The fourth-order valence-electron chi connectivity index (χ4n) is 4.00. The van der Waals surface area contributed by atoms with E-state index in [0.717, 1.165) is 25.7 Å². The number of nitrogens with zero attached hydrogens (tertiary/aromatic N) is 3. The zero-order chi connectivity index (χ0) is 18.7. The molecule has 3 aliphatic rings. The second-order valence-electron chi connectivity index (χ2n) is 7.27. The Morgan fingerprint density at radius 1 is 1.23 bits per heavy atom. The number of hydrogen-bond acceptors (Lipinski definition) is 5. The first-order valence-electron chi connectivity index (χ1n) is 9.25. The van der Waals surface area contributed by atoms with Crippen LogP contribution in [0.5, 0.6) is 0 Å². The van der Waals surface area contributed by atoms with E-state index in [-0.39, 0.29) is 48.7 Å². The van der Waals surface area contributed by atoms with Gasteiger partial charge < -0.3 is 4.90 Å². The van der Waals surface area contributed by atoms with E-state index in [9.17, 15) is 18.0 Å². The molecule has 0 N–H and O–H groups in total. The van der Waals surface area contributed by atoms with Crippen LogP contribution in [0.3, 0.4) is 0 Å². The highest BCUT2D eigenvalue weighted by atomic mass is 32.2. The molecule has 1 unspecified atom stereocenters. The molecule has 2 aliphatic heterocycles. The van der Waals surface area contributed by atoms with Crippen LogP contribution < -0.4 is 0 Å². The van der Waals surface area contributed by atoms with Gasteiger partial charge in [-0.3, -0.25) is 9.59 Å². The molecule has 0 bridgehead atoms. The fraction of sp³-hybridized carbons (Fsp3) is 0.722. The lowest BCUT2D eigenvalue weighted by Crippen LogP contribution is -2.48. The Kier molecular flexibility index (Phi) is 5.66. The summed E-state index contributed by atoms with van der Waals surface area (Å²) in [6.07, 6.45) is 11.5. The molecule has 142 valence electrons. The van der Waals surface area contributed by atoms with Crippen molar-refractivity contribution < 1.29 is 18.0 Å². The average Bonchev–Trinajstić information content (AvgIpc) is 3.00. The Labute approximate surface area is 154 Å². The van der Waals surface area contributed by atoms with Crippen LogP contribution in [0, 0.1) is 12.3 Å². The second kappa shape index (κ2) is 7.78. The van der Waals surface area contributed by atoms with Crippen LogP contribution in [0.4, 0.5) is 0 Å². The summed E-state index contributed by atoms with van der Waals surface area (Å²) >= 11 is 0. The van der Waals surface area contributed by atoms with Crippen molar-refractivity contribution >= 4 is 27.4 Å². The van der Waals surface area contributed by atoms with Gasteiger partial charge in [0, 0.05) is 18.9 Å². The molecule has 7 nitrogen and oxygen atoms in total. The number of hydrazone groups is 1. The molecule has 26 heavy (non-hydrogen) atoms. The minimum Gasteiger partial charge on any atom is -0.323 e. The van der Waals surface area contributed by atoms with Crippen LogP contribution in [0.25, 0.3) is 0 Å². The predicted molar refractivity (Wildman–Crippen MR) is 98.0 cm³/mol. The zero-order valence-corrected chi connectivity index (χ0v) is 15.7. The van der Waals surface area contributed by atoms with Gasteiger partial charge in [-0.05, 0) is 19.3 Å². The maximum atomic E-state index is 13.0. The lowest BCUT2D eigenvalue weighted by Gasteiger charge is -2.35. The Morgan fingerprint density at radius 2 is 1.96 bits per heavy atom. The van der Waals surface area contributed by atoms with Gasteiger partial charge in [0.15, 0.2) is 9.84 Å². The van der Waals surface area contributed by atoms with Crippen molar-refractivity contribution in [3.05, 3.63) is 0 Å². The molecule has 1 saturated heterocycles. The summed E-state index contributed by atoms with van der Waals surface area (Å²) in [5.74, 6) is 2.11. The van der Waals surface area contributed by atoms with E-state index in [2.05, 4.69) is 11.0 Å². The van der Waals surface area contributed by atoms with Gasteiger partial charge in [-0.2, -0.15) is 5.10 Å². The van der Waals surface area contributed by atoms with Gasteiger partial charge in [0.2, 0.25) is 5.91 Å². The second-order valence-corrected chi connectivity index (χ2v) is 9.50. The number of sulfone groups is 1. The van der Waals surface area contributed by atoms with Crippen LogP contribution in [0.2, 0.25) is 0 Å². The first-order chi connectivity index (χ1) is 12.4. The van der Waals surface area contributed by atoms with Gasteiger partial charge in [0.25, 0.3) is 5.91 Å². The fourth-order valence-corrected chi connectivity index (χ4v) is 5.69. The average molecular weight is 379 g/mol. The summed E-state index contributed by atoms with van der Waals surface area (Å²) in [7, 11) is -3.13. The first kappa shape index (κ1) is 18.9. The summed E-state index contributed by atoms with van der Waals surface area (Å²) in [5, 5.41) is 5.52. The first-order valence-corrected chi connectivity index (χ1v) is 11.1. The molecule has 1 aliphatic carbocycles. The molecule has 2 heterocycles. The van der Waals surface area contributed by atoms with Crippen molar-refractivity contribution in [1.82, 2.24) is 9.91 Å². The van der Waals surface area contributed by atoms with Crippen molar-refractivity contribution in [2.24, 2.45) is 5.10 Å². The lowest BCUT2D eigenvalue weighted by atomic mass is 9.93. The molecule has 3 rings (SSSR count). The van der Waals surface area contributed by atoms with Gasteiger partial charge in [0.05, 0.1) is 24.1 Å². The standard InChI is InChI=1S/C18H25N3O4S/c1-2-11-20(14-6-4-3-5-7-14)18(23)16-8-9-17(22)21(19-16)15-10-12-26(24,25)13-15/h1,14-15H,3-13H2. The van der Waals surface area contributed by atoms with E-state index in [1.165, 1.54) is 11.4 Å². The minimum absolute atomic E-state index is 0.0611. The Morgan fingerprint density at radius 3 is 2.58 bits per heavy atom. The highest BCUT2D eigenvalue weighted by molar-refractivity contribution is 7.91. The number of hydrogen-bond donors (Lipinski definition) is 0. The zero-order valence-electron chi connectivity index (χ0n) is 14.9. The maximum Gasteiger partial charge on any atom is 0.271 e. The molecule has 8 heteroatoms. The summed E-state index contributed by atoms with van der Waals surface area (Å²) in [4.78, 5) is 27.0. The predicted octanol–water partition coefficient (Wildman–Crippen LogP) is 0.946. The number of amides is 2. The van der Waals surface area contributed by atoms with Crippen molar-refractivity contribution in [3.8, 4) is 12.3 Å². The Bertz CT molecular complexity index is 747. The lowest BCUT2D eigenvalue weighted by molar-refractivity contribution is -0.134. The van der Waals surface area contributed by atoms with Gasteiger partial charge in [-0.1, -0.05) is 25.2 Å². The minimum atomic E-state index is -3.13. The van der Waals surface area contributed by atoms with Crippen LogP contribution >= 0.6 is 0 Å². The molecule has 1 atom stereocenters. The summed E-state index contributed by atoms with van der Waals surface area (Å²) < 4.78 is 23.4. The molecule has 2 fully saturated rings. The Balaban J connectivity index is 1.79. The molecule has 2 amide bonds. The third-order valence-electron chi connectivity index (χ3n) is 5.40. The van der Waals surface area contributed by atoms with E-state index in [4.69, 9.17) is 6.42 Å². The monoisotopic (exact) mass is 379 g/mol. The van der Waals surface area contributed by atoms with Crippen molar-refractivity contribution in [2.45, 2.75) is 63.5 Å². The SMILES string of the molecule is C#CCN(C(=O)C1=NN(C2CCS(=O)(=O)C2)C(=O)CC1)C1CCCCC1. The third kappa shape index (κ3) is 4.09. The number of carbonyl (C=O) groups excluding carboxylic acids is 2. The van der Waals surface area contributed by atoms with E-state index in [1.807, 2.05) is 0 Å². The van der Waals surface area contributed by atoms with Crippen molar-refractivity contribution in [2.75, 3.05) is 18.1 Å². The van der Waals surface area contributed by atoms with Crippen molar-refractivity contribution in [3.63, 3.8) is 0 Å². The Hall–Kier alpha value is -1.88.